The molecule has 2 aromatic carbocycles. The number of rotatable bonds is 5. The summed E-state index contributed by atoms with van der Waals surface area (Å²) >= 11 is 0. The van der Waals surface area contributed by atoms with Crippen LogP contribution in [0.1, 0.15) is 24.5 Å². The van der Waals surface area contributed by atoms with E-state index >= 15 is 0 Å². The number of methoxy groups -OCH3 is 1. The van der Waals surface area contributed by atoms with Crippen molar-refractivity contribution in [1.82, 2.24) is 15.1 Å². The van der Waals surface area contributed by atoms with E-state index in [-0.39, 0.29) is 47.6 Å². The van der Waals surface area contributed by atoms with Crippen molar-refractivity contribution < 1.29 is 31.9 Å². The van der Waals surface area contributed by atoms with Crippen LogP contribution in [0, 0.1) is 5.82 Å². The monoisotopic (exact) mass is 574 g/mol. The highest BCUT2D eigenvalue weighted by molar-refractivity contribution is 5.94. The number of benzene rings is 2. The molecular weight excluding hydrogens is 548 g/mol. The minimum atomic E-state index is -4.86. The maximum atomic E-state index is 14.3. The number of carbonyl (C=O) groups is 2. The van der Waals surface area contributed by atoms with Gasteiger partial charge in [0.05, 0.1) is 24.1 Å². The minimum Gasteiger partial charge on any atom is -0.494 e. The summed E-state index contributed by atoms with van der Waals surface area (Å²) in [6, 6.07) is 6.00. The van der Waals surface area contributed by atoms with E-state index in [1.807, 2.05) is 0 Å². The largest absolute Gasteiger partial charge is 0.494 e. The summed E-state index contributed by atoms with van der Waals surface area (Å²) in [6.07, 6.45) is -4.13. The van der Waals surface area contributed by atoms with Crippen LogP contribution in [-0.2, 0) is 17.4 Å². The standard InChI is InChI=1S/C27H26F4N6O4/c1-14(38)33-16-7-9-35(13-16)17-4-5-19(27(29,30)31)21(12-17)37-25(39)24-18(8-10-36(24)26(32)40)23(34-37)15-3-6-20(28)22(11-15)41-2/h3-6,11-12,16H,7-10,13H2,1-2H3,(H2,32,40)(H,33,38). The Kier molecular flexibility index (Phi) is 7.09. The Labute approximate surface area is 231 Å². The van der Waals surface area contributed by atoms with Crippen LogP contribution >= 0.6 is 0 Å². The molecule has 1 aromatic heterocycles. The quantitative estimate of drug-likeness (QED) is 0.452. The molecule has 216 valence electrons. The van der Waals surface area contributed by atoms with Gasteiger partial charge >= 0.3 is 12.2 Å². The summed E-state index contributed by atoms with van der Waals surface area (Å²) < 4.78 is 62.7. The molecule has 1 atom stereocenters. The molecule has 1 unspecified atom stereocenters. The Morgan fingerprint density at radius 2 is 1.90 bits per heavy atom. The third-order valence-electron chi connectivity index (χ3n) is 7.19. The van der Waals surface area contributed by atoms with E-state index in [0.29, 0.717) is 35.4 Å². The van der Waals surface area contributed by atoms with Gasteiger partial charge in [-0.2, -0.15) is 23.0 Å². The van der Waals surface area contributed by atoms with Crippen molar-refractivity contribution in [3.8, 4) is 22.7 Å². The van der Waals surface area contributed by atoms with Crippen molar-refractivity contribution in [3.63, 3.8) is 0 Å². The number of anilines is 2. The summed E-state index contributed by atoms with van der Waals surface area (Å²) in [5.74, 6) is -1.03. The predicted molar refractivity (Wildman–Crippen MR) is 142 cm³/mol. The van der Waals surface area contributed by atoms with Gasteiger partial charge in [-0.1, -0.05) is 0 Å². The molecule has 0 radical (unpaired) electrons. The zero-order chi connectivity index (χ0) is 29.6. The third-order valence-corrected chi connectivity index (χ3v) is 7.19. The highest BCUT2D eigenvalue weighted by Gasteiger charge is 2.38. The fourth-order valence-corrected chi connectivity index (χ4v) is 5.35. The van der Waals surface area contributed by atoms with Gasteiger partial charge in [0.1, 0.15) is 5.69 Å². The van der Waals surface area contributed by atoms with Gasteiger partial charge in [-0.3, -0.25) is 14.5 Å². The fourth-order valence-electron chi connectivity index (χ4n) is 5.35. The SMILES string of the molecule is COc1cc(-c2nn(-c3cc(N4CCC(NC(C)=O)C4)ccc3C(F)(F)F)c(=O)c3c2CCN3C(N)=O)ccc1F. The summed E-state index contributed by atoms with van der Waals surface area (Å²) in [6.45, 7) is 2.21. The van der Waals surface area contributed by atoms with E-state index in [0.717, 1.165) is 17.0 Å². The summed E-state index contributed by atoms with van der Waals surface area (Å²) in [4.78, 5) is 40.2. The van der Waals surface area contributed by atoms with Crippen molar-refractivity contribution in [2.75, 3.05) is 36.5 Å². The Balaban J connectivity index is 1.73. The molecule has 3 N–H and O–H groups in total. The first kappa shape index (κ1) is 27.9. The Morgan fingerprint density at radius 1 is 1.15 bits per heavy atom. The number of ether oxygens (including phenoxy) is 1. The molecule has 5 rings (SSSR count). The van der Waals surface area contributed by atoms with Crippen molar-refractivity contribution in [2.45, 2.75) is 32.0 Å². The highest BCUT2D eigenvalue weighted by Crippen LogP contribution is 2.39. The molecule has 41 heavy (non-hydrogen) atoms. The number of alkyl halides is 3. The molecule has 10 nitrogen and oxygen atoms in total. The topological polar surface area (TPSA) is 123 Å². The normalized spacial score (nSPS) is 16.6. The molecule has 0 spiro atoms. The van der Waals surface area contributed by atoms with Crippen molar-refractivity contribution in [3.05, 3.63) is 63.7 Å². The summed E-state index contributed by atoms with van der Waals surface area (Å²) in [5.41, 5.74) is 3.68. The number of aromatic nitrogens is 2. The Bertz CT molecular complexity index is 1610. The fraction of sp³-hybridized carbons (Fsp3) is 0.333. The Hall–Kier alpha value is -4.62. The summed E-state index contributed by atoms with van der Waals surface area (Å²) in [7, 11) is 1.26. The Morgan fingerprint density at radius 3 is 2.56 bits per heavy atom. The van der Waals surface area contributed by atoms with Crippen LogP contribution < -0.4 is 31.1 Å². The molecule has 1 saturated heterocycles. The smallest absolute Gasteiger partial charge is 0.418 e. The zero-order valence-electron chi connectivity index (χ0n) is 22.1. The lowest BCUT2D eigenvalue weighted by atomic mass is 10.0. The first-order chi connectivity index (χ1) is 19.4. The van der Waals surface area contributed by atoms with Gasteiger partial charge in [0, 0.05) is 49.4 Å². The van der Waals surface area contributed by atoms with E-state index in [2.05, 4.69) is 10.4 Å². The second kappa shape index (κ2) is 10.4. The molecule has 3 aromatic rings. The number of carbonyl (C=O) groups excluding carboxylic acids is 2. The molecular formula is C27H26F4N6O4. The highest BCUT2D eigenvalue weighted by atomic mass is 19.4. The molecule has 0 aliphatic carbocycles. The number of hydrogen-bond donors (Lipinski definition) is 2. The predicted octanol–water partition coefficient (Wildman–Crippen LogP) is 3.22. The number of fused-ring (bicyclic) bond motifs is 1. The average molecular weight is 575 g/mol. The van der Waals surface area contributed by atoms with Gasteiger partial charge in [-0.15, -0.1) is 0 Å². The van der Waals surface area contributed by atoms with E-state index in [1.165, 1.54) is 38.3 Å². The summed E-state index contributed by atoms with van der Waals surface area (Å²) in [5, 5.41) is 7.15. The molecule has 14 heteroatoms. The number of nitrogens with two attached hydrogens (primary N) is 1. The number of primary amides is 1. The lowest BCUT2D eigenvalue weighted by Gasteiger charge is -2.23. The molecule has 3 heterocycles. The third kappa shape index (κ3) is 5.16. The van der Waals surface area contributed by atoms with Crippen molar-refractivity contribution in [2.24, 2.45) is 5.73 Å². The van der Waals surface area contributed by atoms with Crippen LogP contribution in [0.4, 0.5) is 33.7 Å². The number of halogens is 4. The van der Waals surface area contributed by atoms with Crippen LogP contribution in [-0.4, -0.2) is 54.5 Å². The second-order valence-corrected chi connectivity index (χ2v) is 9.81. The number of nitrogens with zero attached hydrogens (tertiary/aromatic N) is 4. The van der Waals surface area contributed by atoms with Gasteiger partial charge < -0.3 is 20.7 Å². The second-order valence-electron chi connectivity index (χ2n) is 9.81. The van der Waals surface area contributed by atoms with Crippen LogP contribution in [0.25, 0.3) is 16.9 Å². The van der Waals surface area contributed by atoms with Crippen molar-refractivity contribution >= 4 is 23.3 Å². The van der Waals surface area contributed by atoms with E-state index in [9.17, 15) is 31.9 Å². The van der Waals surface area contributed by atoms with Gasteiger partial charge in [0.25, 0.3) is 5.56 Å². The first-order valence-electron chi connectivity index (χ1n) is 12.7. The lowest BCUT2D eigenvalue weighted by Crippen LogP contribution is -2.39. The number of urea groups is 1. The number of amides is 3. The van der Waals surface area contributed by atoms with E-state index in [4.69, 9.17) is 10.5 Å². The number of nitrogens with one attached hydrogen (secondary N) is 1. The zero-order valence-corrected chi connectivity index (χ0v) is 22.1. The number of hydrogen-bond acceptors (Lipinski definition) is 6. The lowest BCUT2D eigenvalue weighted by molar-refractivity contribution is -0.137. The maximum Gasteiger partial charge on any atom is 0.418 e. The average Bonchev–Trinajstić information content (AvgIpc) is 3.56. The molecule has 0 bridgehead atoms. The van der Waals surface area contributed by atoms with Crippen LogP contribution in [0.5, 0.6) is 5.75 Å². The molecule has 3 amide bonds. The first-order valence-corrected chi connectivity index (χ1v) is 12.7. The van der Waals surface area contributed by atoms with Crippen LogP contribution in [0.15, 0.2) is 41.2 Å². The van der Waals surface area contributed by atoms with Gasteiger partial charge in [-0.05, 0) is 49.2 Å². The minimum absolute atomic E-state index is 0.0153. The van der Waals surface area contributed by atoms with Gasteiger partial charge in [-0.25, -0.2) is 9.18 Å². The molecule has 2 aliphatic heterocycles. The maximum absolute atomic E-state index is 14.3. The molecule has 0 saturated carbocycles. The van der Waals surface area contributed by atoms with Crippen LogP contribution in [0.3, 0.4) is 0 Å². The van der Waals surface area contributed by atoms with E-state index in [1.54, 1.807) is 4.90 Å². The van der Waals surface area contributed by atoms with Gasteiger partial charge in [0.2, 0.25) is 5.91 Å². The van der Waals surface area contributed by atoms with E-state index < -0.39 is 34.8 Å². The van der Waals surface area contributed by atoms with Gasteiger partial charge in [0.15, 0.2) is 11.6 Å². The molecule has 1 fully saturated rings. The van der Waals surface area contributed by atoms with Crippen molar-refractivity contribution in [1.29, 1.82) is 0 Å². The van der Waals surface area contributed by atoms with Crippen LogP contribution in [0.2, 0.25) is 0 Å². The molecule has 2 aliphatic rings.